The lowest BCUT2D eigenvalue weighted by Crippen LogP contribution is -2.12. The number of anilines is 1. The van der Waals surface area contributed by atoms with E-state index in [9.17, 15) is 22.7 Å². The summed E-state index contributed by atoms with van der Waals surface area (Å²) in [6.07, 6.45) is 1.71. The smallest absolute Gasteiger partial charge is 0.335 e. The molecule has 0 heterocycles. The second-order valence-corrected chi connectivity index (χ2v) is 8.14. The molecule has 8 heteroatoms. The lowest BCUT2D eigenvalue weighted by molar-refractivity contribution is 0.0696. The second-order valence-electron chi connectivity index (χ2n) is 5.90. The largest absolute Gasteiger partial charge is 0.478 e. The van der Waals surface area contributed by atoms with Crippen LogP contribution in [0.5, 0.6) is 11.5 Å². The van der Waals surface area contributed by atoms with E-state index in [0.29, 0.717) is 6.54 Å². The molecule has 0 saturated carbocycles. The van der Waals surface area contributed by atoms with Gasteiger partial charge in [0.05, 0.1) is 17.0 Å². The van der Waals surface area contributed by atoms with E-state index in [-0.39, 0.29) is 33.4 Å². The van der Waals surface area contributed by atoms with Gasteiger partial charge in [0, 0.05) is 6.54 Å². The molecular formula is C19H22FNO5S. The predicted octanol–water partition coefficient (Wildman–Crippen LogP) is 4.32. The predicted molar refractivity (Wildman–Crippen MR) is 101 cm³/mol. The third-order valence-corrected chi connectivity index (χ3v) is 5.63. The molecule has 2 rings (SSSR count). The standard InChI is InChI=1S/C19H22FNO5S/c1-3-5-10-21-16-11-13(19(22)23)12-17(27(24,25)4-2)18(16)26-15-8-6-14(20)7-9-15/h6-9,11-12,21H,3-5,10H2,1-2H3,(H,22,23). The third-order valence-electron chi connectivity index (χ3n) is 3.90. The van der Waals surface area contributed by atoms with Crippen molar-refractivity contribution in [3.8, 4) is 11.5 Å². The van der Waals surface area contributed by atoms with Crippen LogP contribution in [0.15, 0.2) is 41.3 Å². The Labute approximate surface area is 157 Å². The van der Waals surface area contributed by atoms with Crippen molar-refractivity contribution in [1.82, 2.24) is 0 Å². The van der Waals surface area contributed by atoms with E-state index < -0.39 is 21.6 Å². The highest BCUT2D eigenvalue weighted by Gasteiger charge is 2.24. The quantitative estimate of drug-likeness (QED) is 0.614. The summed E-state index contributed by atoms with van der Waals surface area (Å²) in [6.45, 7) is 3.98. The van der Waals surface area contributed by atoms with Crippen LogP contribution >= 0.6 is 0 Å². The average Bonchev–Trinajstić information content (AvgIpc) is 2.64. The Morgan fingerprint density at radius 1 is 1.19 bits per heavy atom. The maximum absolute atomic E-state index is 13.1. The van der Waals surface area contributed by atoms with Gasteiger partial charge in [-0.3, -0.25) is 0 Å². The number of benzene rings is 2. The SMILES string of the molecule is CCCCNc1cc(C(=O)O)cc(S(=O)(=O)CC)c1Oc1ccc(F)cc1. The highest BCUT2D eigenvalue weighted by Crippen LogP contribution is 2.38. The van der Waals surface area contributed by atoms with Crippen molar-refractivity contribution in [3.05, 3.63) is 47.8 Å². The molecule has 0 spiro atoms. The first-order valence-electron chi connectivity index (χ1n) is 8.59. The van der Waals surface area contributed by atoms with Gasteiger partial charge in [-0.15, -0.1) is 0 Å². The molecule has 0 bridgehead atoms. The van der Waals surface area contributed by atoms with E-state index in [2.05, 4.69) is 5.32 Å². The summed E-state index contributed by atoms with van der Waals surface area (Å²) in [7, 11) is -3.77. The van der Waals surface area contributed by atoms with Gasteiger partial charge in [-0.05, 0) is 42.8 Å². The van der Waals surface area contributed by atoms with Crippen LogP contribution < -0.4 is 10.1 Å². The fraction of sp³-hybridized carbons (Fsp3) is 0.316. The van der Waals surface area contributed by atoms with Crippen LogP contribution in [-0.2, 0) is 9.84 Å². The number of sulfone groups is 1. The van der Waals surface area contributed by atoms with Gasteiger partial charge >= 0.3 is 5.97 Å². The number of hydrogen-bond acceptors (Lipinski definition) is 5. The van der Waals surface area contributed by atoms with Gasteiger partial charge in [-0.2, -0.15) is 0 Å². The Kier molecular flexibility index (Phi) is 6.79. The van der Waals surface area contributed by atoms with Crippen molar-refractivity contribution >= 4 is 21.5 Å². The molecule has 2 N–H and O–H groups in total. The van der Waals surface area contributed by atoms with Crippen LogP contribution in [0.1, 0.15) is 37.0 Å². The number of halogens is 1. The van der Waals surface area contributed by atoms with Crippen LogP contribution in [0.25, 0.3) is 0 Å². The molecule has 0 unspecified atom stereocenters. The second kappa shape index (κ2) is 8.85. The number of rotatable bonds is 9. The fourth-order valence-electron chi connectivity index (χ4n) is 2.37. The van der Waals surface area contributed by atoms with Gasteiger partial charge in [-0.25, -0.2) is 17.6 Å². The number of carboxylic acids is 1. The maximum Gasteiger partial charge on any atom is 0.335 e. The van der Waals surface area contributed by atoms with Gasteiger partial charge in [0.2, 0.25) is 0 Å². The molecule has 0 atom stereocenters. The van der Waals surface area contributed by atoms with Gasteiger partial charge in [0.25, 0.3) is 0 Å². The molecule has 0 saturated heterocycles. The minimum absolute atomic E-state index is 0.00422. The monoisotopic (exact) mass is 395 g/mol. The molecule has 0 amide bonds. The zero-order valence-electron chi connectivity index (χ0n) is 15.2. The van der Waals surface area contributed by atoms with E-state index in [1.165, 1.54) is 37.3 Å². The van der Waals surface area contributed by atoms with Crippen LogP contribution in [0.2, 0.25) is 0 Å². The van der Waals surface area contributed by atoms with Crippen molar-refractivity contribution in [3.63, 3.8) is 0 Å². The maximum atomic E-state index is 13.1. The summed E-state index contributed by atoms with van der Waals surface area (Å²) in [4.78, 5) is 11.2. The first-order chi connectivity index (χ1) is 12.8. The Bertz CT molecular complexity index is 910. The van der Waals surface area contributed by atoms with Gasteiger partial charge < -0.3 is 15.2 Å². The molecule has 27 heavy (non-hydrogen) atoms. The van der Waals surface area contributed by atoms with Gasteiger partial charge in [0.15, 0.2) is 15.6 Å². The summed E-state index contributed by atoms with van der Waals surface area (Å²) in [5.41, 5.74) is 0.104. The minimum atomic E-state index is -3.77. The van der Waals surface area contributed by atoms with Crippen molar-refractivity contribution in [2.45, 2.75) is 31.6 Å². The zero-order chi connectivity index (χ0) is 20.0. The molecule has 0 radical (unpaired) electrons. The van der Waals surface area contributed by atoms with Gasteiger partial charge in [0.1, 0.15) is 16.5 Å². The molecule has 146 valence electrons. The number of carboxylic acid groups (broad SMARTS) is 1. The molecular weight excluding hydrogens is 373 g/mol. The summed E-state index contributed by atoms with van der Waals surface area (Å²) < 4.78 is 44.0. The van der Waals surface area contributed by atoms with E-state index in [1.54, 1.807) is 0 Å². The molecule has 2 aromatic rings. The zero-order valence-corrected chi connectivity index (χ0v) is 16.0. The van der Waals surface area contributed by atoms with Gasteiger partial charge in [-0.1, -0.05) is 20.3 Å². The molecule has 0 fully saturated rings. The van der Waals surface area contributed by atoms with E-state index in [1.807, 2.05) is 6.92 Å². The number of ether oxygens (including phenoxy) is 1. The lowest BCUT2D eigenvalue weighted by Gasteiger charge is -2.18. The number of unbranched alkanes of at least 4 members (excludes halogenated alkanes) is 1. The Morgan fingerprint density at radius 2 is 1.85 bits per heavy atom. The topological polar surface area (TPSA) is 92.7 Å². The molecule has 0 aliphatic heterocycles. The first kappa shape index (κ1) is 20.7. The van der Waals surface area contributed by atoms with Crippen molar-refractivity contribution in [2.75, 3.05) is 17.6 Å². The van der Waals surface area contributed by atoms with Crippen LogP contribution in [0.4, 0.5) is 10.1 Å². The van der Waals surface area contributed by atoms with Crippen LogP contribution in [0.3, 0.4) is 0 Å². The number of nitrogens with one attached hydrogen (secondary N) is 1. The normalized spacial score (nSPS) is 11.2. The summed E-state index contributed by atoms with van der Waals surface area (Å²) >= 11 is 0. The van der Waals surface area contributed by atoms with Crippen molar-refractivity contribution in [2.24, 2.45) is 0 Å². The lowest BCUT2D eigenvalue weighted by atomic mass is 10.1. The summed E-state index contributed by atoms with van der Waals surface area (Å²) in [5, 5.41) is 12.4. The van der Waals surface area contributed by atoms with Crippen molar-refractivity contribution < 1.29 is 27.4 Å². The van der Waals surface area contributed by atoms with E-state index >= 15 is 0 Å². The number of hydrogen-bond donors (Lipinski definition) is 2. The Balaban J connectivity index is 2.62. The molecule has 0 aliphatic carbocycles. The van der Waals surface area contributed by atoms with Crippen LogP contribution in [0, 0.1) is 5.82 Å². The van der Waals surface area contributed by atoms with Crippen molar-refractivity contribution in [1.29, 1.82) is 0 Å². The minimum Gasteiger partial charge on any atom is -0.478 e. The highest BCUT2D eigenvalue weighted by molar-refractivity contribution is 7.91. The highest BCUT2D eigenvalue weighted by atomic mass is 32.2. The number of carbonyl (C=O) groups is 1. The van der Waals surface area contributed by atoms with E-state index in [0.717, 1.165) is 18.9 Å². The third kappa shape index (κ3) is 5.19. The molecule has 6 nitrogen and oxygen atoms in total. The average molecular weight is 395 g/mol. The number of aromatic carboxylic acids is 1. The van der Waals surface area contributed by atoms with E-state index in [4.69, 9.17) is 4.74 Å². The molecule has 0 aliphatic rings. The Hall–Kier alpha value is -2.61. The first-order valence-corrected chi connectivity index (χ1v) is 10.2. The summed E-state index contributed by atoms with van der Waals surface area (Å²) in [6, 6.07) is 7.56. The Morgan fingerprint density at radius 3 is 2.41 bits per heavy atom. The molecule has 2 aromatic carbocycles. The fourth-order valence-corrected chi connectivity index (χ4v) is 3.42. The summed E-state index contributed by atoms with van der Waals surface area (Å²) in [5.74, 6) is -1.67. The molecule has 0 aromatic heterocycles. The van der Waals surface area contributed by atoms with Crippen LogP contribution in [-0.4, -0.2) is 31.8 Å².